The van der Waals surface area contributed by atoms with Gasteiger partial charge in [0.15, 0.2) is 6.10 Å². The third-order valence-electron chi connectivity index (χ3n) is 4.26. The lowest BCUT2D eigenvalue weighted by molar-refractivity contribution is -0.137. The van der Waals surface area contributed by atoms with Crippen LogP contribution in [0.5, 0.6) is 11.5 Å². The number of alkyl halides is 3. The second-order valence-corrected chi connectivity index (χ2v) is 6.18. The van der Waals surface area contributed by atoms with Crippen LogP contribution in [0.3, 0.4) is 0 Å². The highest BCUT2D eigenvalue weighted by atomic mass is 19.4. The minimum absolute atomic E-state index is 0.251. The highest BCUT2D eigenvalue weighted by Gasteiger charge is 2.31. The number of halogens is 3. The molecule has 0 radical (unpaired) electrons. The molecule has 27 heavy (non-hydrogen) atoms. The van der Waals surface area contributed by atoms with Crippen LogP contribution < -0.4 is 14.8 Å². The topological polar surface area (TPSA) is 39.7 Å². The van der Waals surface area contributed by atoms with Gasteiger partial charge in [0.2, 0.25) is 0 Å². The predicted molar refractivity (Wildman–Crippen MR) is 95.0 cm³/mol. The molecule has 3 rings (SSSR count). The van der Waals surface area contributed by atoms with Crippen molar-refractivity contribution in [3.63, 3.8) is 0 Å². The highest BCUT2D eigenvalue weighted by molar-refractivity contribution is 5.32. The molecule has 1 aliphatic rings. The Morgan fingerprint density at radius 3 is 2.30 bits per heavy atom. The summed E-state index contributed by atoms with van der Waals surface area (Å²) in [6, 6.07) is 12.2. The summed E-state index contributed by atoms with van der Waals surface area (Å²) in [5.41, 5.74) is 0.162. The quantitative estimate of drug-likeness (QED) is 0.814. The summed E-state index contributed by atoms with van der Waals surface area (Å²) in [6.07, 6.45) is -5.08. The van der Waals surface area contributed by atoms with E-state index in [-0.39, 0.29) is 6.10 Å². The van der Waals surface area contributed by atoms with Gasteiger partial charge in [-0.3, -0.25) is 0 Å². The van der Waals surface area contributed by atoms with Gasteiger partial charge in [-0.1, -0.05) is 12.1 Å². The van der Waals surface area contributed by atoms with Gasteiger partial charge in [0.25, 0.3) is 0 Å². The molecule has 2 atom stereocenters. The average molecular weight is 381 g/mol. The lowest BCUT2D eigenvalue weighted by Crippen LogP contribution is -2.43. The molecule has 1 saturated heterocycles. The van der Waals surface area contributed by atoms with Gasteiger partial charge < -0.3 is 19.5 Å². The fourth-order valence-electron chi connectivity index (χ4n) is 2.93. The van der Waals surface area contributed by atoms with Gasteiger partial charge in [-0.2, -0.15) is 13.2 Å². The van der Waals surface area contributed by atoms with Crippen LogP contribution in [0.15, 0.2) is 48.5 Å². The fourth-order valence-corrected chi connectivity index (χ4v) is 2.93. The van der Waals surface area contributed by atoms with Gasteiger partial charge in [-0.15, -0.1) is 0 Å². The molecule has 0 aromatic heterocycles. The van der Waals surface area contributed by atoms with Gasteiger partial charge in [-0.05, 0) is 48.9 Å². The summed E-state index contributed by atoms with van der Waals surface area (Å²) in [4.78, 5) is 0. The molecule has 0 bridgehead atoms. The van der Waals surface area contributed by atoms with E-state index in [2.05, 4.69) is 5.32 Å². The molecule has 0 amide bonds. The van der Waals surface area contributed by atoms with Crippen molar-refractivity contribution >= 4 is 0 Å². The Kier molecular flexibility index (Phi) is 6.23. The maximum absolute atomic E-state index is 12.8. The number of hydrogen-bond donors (Lipinski definition) is 1. The molecular weight excluding hydrogens is 359 g/mol. The standard InChI is InChI=1S/C20H22F3NO3/c1-2-25-16-7-3-14(4-8-16)19(18-13-24-11-12-26-18)27-17-9-5-15(6-10-17)20(21,22)23/h3-10,18-19,24H,2,11-13H2,1H3. The summed E-state index contributed by atoms with van der Waals surface area (Å²) in [7, 11) is 0. The van der Waals surface area contributed by atoms with Crippen molar-refractivity contribution in [1.82, 2.24) is 5.32 Å². The van der Waals surface area contributed by atoms with Gasteiger partial charge in [0, 0.05) is 13.1 Å². The zero-order valence-electron chi connectivity index (χ0n) is 15.0. The van der Waals surface area contributed by atoms with Crippen molar-refractivity contribution in [3.05, 3.63) is 59.7 Å². The predicted octanol–water partition coefficient (Wildman–Crippen LogP) is 4.21. The van der Waals surface area contributed by atoms with E-state index in [0.717, 1.165) is 30.0 Å². The first-order valence-electron chi connectivity index (χ1n) is 8.86. The first-order chi connectivity index (χ1) is 13.0. The molecule has 1 fully saturated rings. The average Bonchev–Trinajstić information content (AvgIpc) is 2.67. The van der Waals surface area contributed by atoms with Crippen molar-refractivity contribution < 1.29 is 27.4 Å². The van der Waals surface area contributed by atoms with Crippen LogP contribution in [-0.4, -0.2) is 32.4 Å². The second kappa shape index (κ2) is 8.63. The molecule has 4 nitrogen and oxygen atoms in total. The summed E-state index contributed by atoms with van der Waals surface area (Å²) in [5, 5.41) is 3.25. The largest absolute Gasteiger partial charge is 0.494 e. The van der Waals surface area contributed by atoms with E-state index < -0.39 is 17.8 Å². The Morgan fingerprint density at radius 2 is 1.74 bits per heavy atom. The Morgan fingerprint density at radius 1 is 1.07 bits per heavy atom. The first-order valence-corrected chi connectivity index (χ1v) is 8.86. The van der Waals surface area contributed by atoms with E-state index in [4.69, 9.17) is 14.2 Å². The van der Waals surface area contributed by atoms with E-state index in [1.54, 1.807) is 0 Å². The molecule has 0 aliphatic carbocycles. The maximum atomic E-state index is 12.8. The normalized spacial score (nSPS) is 18.7. The first kappa shape index (κ1) is 19.5. The summed E-state index contributed by atoms with van der Waals surface area (Å²) in [5.74, 6) is 1.10. The van der Waals surface area contributed by atoms with Gasteiger partial charge >= 0.3 is 6.18 Å². The molecule has 1 N–H and O–H groups in total. The number of benzene rings is 2. The van der Waals surface area contributed by atoms with Gasteiger partial charge in [-0.25, -0.2) is 0 Å². The lowest BCUT2D eigenvalue weighted by Gasteiger charge is -2.31. The maximum Gasteiger partial charge on any atom is 0.416 e. The highest BCUT2D eigenvalue weighted by Crippen LogP contribution is 2.33. The van der Waals surface area contributed by atoms with Crippen molar-refractivity contribution in [2.75, 3.05) is 26.3 Å². The molecule has 2 aromatic carbocycles. The lowest BCUT2D eigenvalue weighted by atomic mass is 10.0. The molecule has 2 aromatic rings. The third kappa shape index (κ3) is 5.14. The number of nitrogens with one attached hydrogen (secondary N) is 1. The zero-order valence-corrected chi connectivity index (χ0v) is 15.0. The summed E-state index contributed by atoms with van der Waals surface area (Å²) < 4.78 is 55.6. The Hall–Kier alpha value is -2.25. The molecule has 1 heterocycles. The molecule has 1 aliphatic heterocycles. The zero-order chi connectivity index (χ0) is 19.3. The Labute approximate surface area is 156 Å². The molecule has 0 saturated carbocycles. The van der Waals surface area contributed by atoms with Crippen LogP contribution in [0, 0.1) is 0 Å². The van der Waals surface area contributed by atoms with E-state index in [1.807, 2.05) is 31.2 Å². The van der Waals surface area contributed by atoms with E-state index in [9.17, 15) is 13.2 Å². The molecule has 7 heteroatoms. The van der Waals surface area contributed by atoms with E-state index in [1.165, 1.54) is 12.1 Å². The summed E-state index contributed by atoms with van der Waals surface area (Å²) >= 11 is 0. The third-order valence-corrected chi connectivity index (χ3v) is 4.26. The van der Waals surface area contributed by atoms with Crippen LogP contribution in [0.4, 0.5) is 13.2 Å². The van der Waals surface area contributed by atoms with Crippen molar-refractivity contribution in [2.45, 2.75) is 25.3 Å². The Bertz CT molecular complexity index is 711. The van der Waals surface area contributed by atoms with Crippen LogP contribution in [0.25, 0.3) is 0 Å². The summed E-state index contributed by atoms with van der Waals surface area (Å²) in [6.45, 7) is 4.38. The number of morpholine rings is 1. The Balaban J connectivity index is 1.81. The molecule has 146 valence electrons. The molecule has 0 spiro atoms. The smallest absolute Gasteiger partial charge is 0.416 e. The number of ether oxygens (including phenoxy) is 3. The van der Waals surface area contributed by atoms with Crippen LogP contribution in [-0.2, 0) is 10.9 Å². The van der Waals surface area contributed by atoms with Crippen LogP contribution in [0.1, 0.15) is 24.2 Å². The van der Waals surface area contributed by atoms with Gasteiger partial charge in [0.05, 0.1) is 18.8 Å². The fraction of sp³-hybridized carbons (Fsp3) is 0.400. The van der Waals surface area contributed by atoms with E-state index in [0.29, 0.717) is 25.5 Å². The van der Waals surface area contributed by atoms with Crippen molar-refractivity contribution in [3.8, 4) is 11.5 Å². The minimum atomic E-state index is -4.37. The van der Waals surface area contributed by atoms with Crippen molar-refractivity contribution in [2.24, 2.45) is 0 Å². The molecular formula is C20H22F3NO3. The SMILES string of the molecule is CCOc1ccc(C(Oc2ccc(C(F)(F)F)cc2)C2CNCCO2)cc1. The van der Waals surface area contributed by atoms with E-state index >= 15 is 0 Å². The molecule has 2 unspecified atom stereocenters. The van der Waals surface area contributed by atoms with Gasteiger partial charge in [0.1, 0.15) is 17.6 Å². The second-order valence-electron chi connectivity index (χ2n) is 6.18. The monoisotopic (exact) mass is 381 g/mol. The number of hydrogen-bond acceptors (Lipinski definition) is 4. The van der Waals surface area contributed by atoms with Crippen LogP contribution >= 0.6 is 0 Å². The number of rotatable bonds is 6. The minimum Gasteiger partial charge on any atom is -0.494 e. The van der Waals surface area contributed by atoms with Crippen molar-refractivity contribution in [1.29, 1.82) is 0 Å². The van der Waals surface area contributed by atoms with Crippen LogP contribution in [0.2, 0.25) is 0 Å².